The number of rotatable bonds is 5. The van der Waals surface area contributed by atoms with Gasteiger partial charge in [-0.3, -0.25) is 9.80 Å². The number of aryl methyl sites for hydroxylation is 1. The van der Waals surface area contributed by atoms with E-state index in [0.717, 1.165) is 44.1 Å². The van der Waals surface area contributed by atoms with Gasteiger partial charge >= 0.3 is 6.03 Å². The van der Waals surface area contributed by atoms with Gasteiger partial charge < -0.3 is 10.2 Å². The topological polar surface area (TPSA) is 38.8 Å². The molecule has 31 heavy (non-hydrogen) atoms. The molecule has 3 aliphatic rings. The molecule has 2 amide bonds. The first-order valence-corrected chi connectivity index (χ1v) is 11.7. The van der Waals surface area contributed by atoms with Gasteiger partial charge in [0.1, 0.15) is 0 Å². The van der Waals surface area contributed by atoms with Crippen molar-refractivity contribution in [2.75, 3.05) is 44.7 Å². The molecule has 0 aromatic heterocycles. The average Bonchev–Trinajstić information content (AvgIpc) is 2.72. The molecule has 5 nitrogen and oxygen atoms in total. The lowest BCUT2D eigenvalue weighted by molar-refractivity contribution is 0.00100. The van der Waals surface area contributed by atoms with E-state index in [0.29, 0.717) is 12.5 Å². The minimum atomic E-state index is 0.0364. The quantitative estimate of drug-likeness (QED) is 0.808. The molecule has 164 valence electrons. The van der Waals surface area contributed by atoms with Crippen molar-refractivity contribution in [1.29, 1.82) is 0 Å². The van der Waals surface area contributed by atoms with Gasteiger partial charge in [-0.2, -0.15) is 0 Å². The molecule has 1 atom stereocenters. The first kappa shape index (κ1) is 20.5. The maximum atomic E-state index is 13.1. The molecule has 5 rings (SSSR count). The zero-order chi connectivity index (χ0) is 21.4. The van der Waals surface area contributed by atoms with E-state index in [9.17, 15) is 4.79 Å². The van der Waals surface area contributed by atoms with Crippen LogP contribution in [0.15, 0.2) is 48.5 Å². The number of carbonyl (C=O) groups is 1. The van der Waals surface area contributed by atoms with E-state index in [1.807, 2.05) is 23.1 Å². The van der Waals surface area contributed by atoms with Gasteiger partial charge in [-0.05, 0) is 56.0 Å². The fourth-order valence-corrected chi connectivity index (χ4v) is 5.27. The minimum absolute atomic E-state index is 0.0364. The normalized spacial score (nSPS) is 22.5. The predicted octanol–water partition coefficient (Wildman–Crippen LogP) is 3.49. The Morgan fingerprint density at radius 2 is 1.84 bits per heavy atom. The molecule has 2 aromatic rings. The Labute approximate surface area is 186 Å². The summed E-state index contributed by atoms with van der Waals surface area (Å²) in [5, 5.41) is 3.16. The van der Waals surface area contributed by atoms with Crippen LogP contribution in [0.4, 0.5) is 10.5 Å². The van der Waals surface area contributed by atoms with Crippen molar-refractivity contribution in [2.45, 2.75) is 44.2 Å². The molecule has 0 bridgehead atoms. The lowest BCUT2D eigenvalue weighted by Crippen LogP contribution is -2.63. The molecule has 2 aromatic carbocycles. The number of nitrogens with one attached hydrogen (secondary N) is 1. The van der Waals surface area contributed by atoms with Crippen LogP contribution in [0, 0.1) is 0 Å². The summed E-state index contributed by atoms with van der Waals surface area (Å²) in [6.45, 7) is 7.53. The van der Waals surface area contributed by atoms with Gasteiger partial charge in [0.25, 0.3) is 0 Å². The van der Waals surface area contributed by atoms with Gasteiger partial charge in [0.2, 0.25) is 0 Å². The van der Waals surface area contributed by atoms with Crippen molar-refractivity contribution >= 4 is 11.7 Å². The van der Waals surface area contributed by atoms with Crippen molar-refractivity contribution in [3.05, 3.63) is 65.2 Å². The van der Waals surface area contributed by atoms with E-state index in [2.05, 4.69) is 59.4 Å². The standard InChI is InChI=1S/C26H34N4O/c1-19-8-9-21-10-11-22(23-15-29(16-23)24-17-28(2)18-24)14-25(21)30(19)26(31)27-13-12-20-6-4-3-5-7-20/h3-7,10-11,14,19,23-24H,8-9,12-13,15-18H2,1-2H3,(H,27,31). The second kappa shape index (κ2) is 8.64. The average molecular weight is 419 g/mol. The number of nitrogens with zero attached hydrogens (tertiary/aromatic N) is 3. The minimum Gasteiger partial charge on any atom is -0.337 e. The van der Waals surface area contributed by atoms with Gasteiger partial charge in [-0.1, -0.05) is 42.5 Å². The molecule has 3 heterocycles. The second-order valence-electron chi connectivity index (χ2n) is 9.64. The highest BCUT2D eigenvalue weighted by Crippen LogP contribution is 2.37. The molecule has 3 aliphatic heterocycles. The summed E-state index contributed by atoms with van der Waals surface area (Å²) < 4.78 is 0. The number of amides is 2. The Hall–Kier alpha value is -2.37. The van der Waals surface area contributed by atoms with Crippen molar-refractivity contribution in [3.63, 3.8) is 0 Å². The Balaban J connectivity index is 1.24. The zero-order valence-electron chi connectivity index (χ0n) is 18.8. The third-order valence-electron chi connectivity index (χ3n) is 7.34. The Morgan fingerprint density at radius 1 is 1.06 bits per heavy atom. The molecule has 0 spiro atoms. The number of fused-ring (bicyclic) bond motifs is 1. The molecule has 0 radical (unpaired) electrons. The largest absolute Gasteiger partial charge is 0.337 e. The number of urea groups is 1. The second-order valence-corrected chi connectivity index (χ2v) is 9.64. The molecular weight excluding hydrogens is 384 g/mol. The van der Waals surface area contributed by atoms with Crippen LogP contribution >= 0.6 is 0 Å². The molecule has 2 saturated heterocycles. The summed E-state index contributed by atoms with van der Waals surface area (Å²) in [4.78, 5) is 20.1. The Kier molecular flexibility index (Phi) is 5.72. The van der Waals surface area contributed by atoms with Crippen LogP contribution in [0.1, 0.15) is 36.0 Å². The summed E-state index contributed by atoms with van der Waals surface area (Å²) in [5.74, 6) is 0.594. The zero-order valence-corrected chi connectivity index (χ0v) is 18.8. The van der Waals surface area contributed by atoms with Crippen molar-refractivity contribution in [3.8, 4) is 0 Å². The third-order valence-corrected chi connectivity index (χ3v) is 7.34. The van der Waals surface area contributed by atoms with E-state index in [-0.39, 0.29) is 12.1 Å². The van der Waals surface area contributed by atoms with Crippen LogP contribution in [0.3, 0.4) is 0 Å². The molecule has 0 aliphatic carbocycles. The fourth-order valence-electron chi connectivity index (χ4n) is 5.27. The van der Waals surface area contributed by atoms with E-state index in [4.69, 9.17) is 0 Å². The number of likely N-dealkylation sites (tertiary alicyclic amines) is 2. The van der Waals surface area contributed by atoms with Gasteiger partial charge in [-0.25, -0.2) is 4.79 Å². The first-order chi connectivity index (χ1) is 15.1. The molecule has 1 N–H and O–H groups in total. The summed E-state index contributed by atoms with van der Waals surface area (Å²) in [6.07, 6.45) is 2.93. The monoisotopic (exact) mass is 418 g/mol. The van der Waals surface area contributed by atoms with Gasteiger partial charge in [0, 0.05) is 56.4 Å². The Morgan fingerprint density at radius 3 is 2.58 bits per heavy atom. The number of benzene rings is 2. The van der Waals surface area contributed by atoms with E-state index in [1.54, 1.807) is 0 Å². The van der Waals surface area contributed by atoms with Gasteiger partial charge in [-0.15, -0.1) is 0 Å². The highest BCUT2D eigenvalue weighted by molar-refractivity contribution is 5.94. The van der Waals surface area contributed by atoms with Crippen LogP contribution in [-0.4, -0.2) is 67.7 Å². The first-order valence-electron chi connectivity index (χ1n) is 11.7. The molecule has 0 saturated carbocycles. The lowest BCUT2D eigenvalue weighted by Gasteiger charge is -2.51. The highest BCUT2D eigenvalue weighted by Gasteiger charge is 2.38. The van der Waals surface area contributed by atoms with Gasteiger partial charge in [0.05, 0.1) is 0 Å². The summed E-state index contributed by atoms with van der Waals surface area (Å²) in [7, 11) is 2.19. The summed E-state index contributed by atoms with van der Waals surface area (Å²) in [6, 6.07) is 18.2. The molecule has 1 unspecified atom stereocenters. The van der Waals surface area contributed by atoms with Gasteiger partial charge in [0.15, 0.2) is 0 Å². The van der Waals surface area contributed by atoms with Crippen molar-refractivity contribution in [1.82, 2.24) is 15.1 Å². The summed E-state index contributed by atoms with van der Waals surface area (Å²) in [5.41, 5.74) is 5.07. The number of anilines is 1. The van der Waals surface area contributed by atoms with Crippen LogP contribution in [0.5, 0.6) is 0 Å². The maximum Gasteiger partial charge on any atom is 0.322 e. The fraction of sp³-hybridized carbons (Fsp3) is 0.500. The Bertz CT molecular complexity index is 918. The van der Waals surface area contributed by atoms with Crippen LogP contribution in [-0.2, 0) is 12.8 Å². The predicted molar refractivity (Wildman–Crippen MR) is 126 cm³/mol. The smallest absolute Gasteiger partial charge is 0.322 e. The van der Waals surface area contributed by atoms with Crippen LogP contribution in [0.2, 0.25) is 0 Å². The van der Waals surface area contributed by atoms with Crippen LogP contribution in [0.25, 0.3) is 0 Å². The number of hydrogen-bond acceptors (Lipinski definition) is 3. The highest BCUT2D eigenvalue weighted by atomic mass is 16.2. The van der Waals surface area contributed by atoms with E-state index >= 15 is 0 Å². The van der Waals surface area contributed by atoms with Crippen molar-refractivity contribution < 1.29 is 4.79 Å². The SMILES string of the molecule is CC1CCc2ccc(C3CN(C4CN(C)C4)C3)cc2N1C(=O)NCCc1ccccc1. The lowest BCUT2D eigenvalue weighted by atomic mass is 9.86. The molecule has 5 heteroatoms. The van der Waals surface area contributed by atoms with E-state index < -0.39 is 0 Å². The molecular formula is C26H34N4O. The molecule has 2 fully saturated rings. The third kappa shape index (κ3) is 4.21. The number of carbonyl (C=O) groups excluding carboxylic acids is 1. The number of hydrogen-bond donors (Lipinski definition) is 1. The van der Waals surface area contributed by atoms with E-state index in [1.165, 1.54) is 29.8 Å². The maximum absolute atomic E-state index is 13.1. The summed E-state index contributed by atoms with van der Waals surface area (Å²) >= 11 is 0. The number of likely N-dealkylation sites (N-methyl/N-ethyl adjacent to an activating group) is 1. The van der Waals surface area contributed by atoms with Crippen LogP contribution < -0.4 is 10.2 Å². The van der Waals surface area contributed by atoms with Crippen molar-refractivity contribution in [2.24, 2.45) is 0 Å².